The standard InChI is InChI=1S/C15H13ClN6S/c16-13-11(9-17)15(23-20-13)21-7-4-10(5-8-21)14-19-18-12-3-1-2-6-22(12)14/h1-3,6,10H,4-5,7-8H2. The van der Waals surface area contributed by atoms with E-state index < -0.39 is 0 Å². The highest BCUT2D eigenvalue weighted by molar-refractivity contribution is 7.10. The second-order valence-corrected chi connectivity index (χ2v) is 6.62. The molecule has 4 rings (SSSR count). The number of piperidine rings is 1. The van der Waals surface area contributed by atoms with Crippen molar-refractivity contribution in [3.8, 4) is 6.07 Å². The third kappa shape index (κ3) is 2.44. The van der Waals surface area contributed by atoms with Crippen LogP contribution in [0.3, 0.4) is 0 Å². The molecule has 0 aliphatic carbocycles. The van der Waals surface area contributed by atoms with Gasteiger partial charge < -0.3 is 4.90 Å². The van der Waals surface area contributed by atoms with Crippen LogP contribution in [-0.2, 0) is 0 Å². The van der Waals surface area contributed by atoms with Gasteiger partial charge in [0.2, 0.25) is 0 Å². The highest BCUT2D eigenvalue weighted by Crippen LogP contribution is 2.35. The van der Waals surface area contributed by atoms with Gasteiger partial charge in [0.15, 0.2) is 10.8 Å². The van der Waals surface area contributed by atoms with Crippen molar-refractivity contribution in [3.05, 3.63) is 40.9 Å². The van der Waals surface area contributed by atoms with Crippen molar-refractivity contribution < 1.29 is 0 Å². The Hall–Kier alpha value is -2.17. The molecule has 6 nitrogen and oxygen atoms in total. The number of fused-ring (bicyclic) bond motifs is 1. The van der Waals surface area contributed by atoms with Crippen LogP contribution in [0, 0.1) is 11.3 Å². The monoisotopic (exact) mass is 344 g/mol. The van der Waals surface area contributed by atoms with Gasteiger partial charge in [-0.2, -0.15) is 9.64 Å². The van der Waals surface area contributed by atoms with Gasteiger partial charge in [0, 0.05) is 25.2 Å². The number of anilines is 1. The van der Waals surface area contributed by atoms with E-state index in [1.807, 2.05) is 24.4 Å². The molecule has 116 valence electrons. The number of rotatable bonds is 2. The van der Waals surface area contributed by atoms with Crippen LogP contribution in [0.1, 0.15) is 30.1 Å². The molecule has 0 saturated carbocycles. The minimum atomic E-state index is 0.304. The van der Waals surface area contributed by atoms with Crippen molar-refractivity contribution in [1.29, 1.82) is 5.26 Å². The summed E-state index contributed by atoms with van der Waals surface area (Å²) in [4.78, 5) is 2.20. The topological polar surface area (TPSA) is 70.1 Å². The van der Waals surface area contributed by atoms with E-state index in [0.29, 0.717) is 16.6 Å². The second-order valence-electron chi connectivity index (χ2n) is 5.51. The summed E-state index contributed by atoms with van der Waals surface area (Å²) >= 11 is 7.26. The number of aromatic nitrogens is 4. The van der Waals surface area contributed by atoms with Crippen molar-refractivity contribution in [2.24, 2.45) is 0 Å². The molecule has 8 heteroatoms. The third-order valence-corrected chi connectivity index (χ3v) is 5.51. The summed E-state index contributed by atoms with van der Waals surface area (Å²) in [5.74, 6) is 1.39. The summed E-state index contributed by atoms with van der Waals surface area (Å²) < 4.78 is 6.15. The summed E-state index contributed by atoms with van der Waals surface area (Å²) in [7, 11) is 0. The Morgan fingerprint density at radius 1 is 1.26 bits per heavy atom. The number of pyridine rings is 1. The van der Waals surface area contributed by atoms with Crippen molar-refractivity contribution in [2.75, 3.05) is 18.0 Å². The Morgan fingerprint density at radius 3 is 2.87 bits per heavy atom. The molecule has 0 spiro atoms. The quantitative estimate of drug-likeness (QED) is 0.714. The molecule has 0 N–H and O–H groups in total. The number of nitrogens with zero attached hydrogens (tertiary/aromatic N) is 6. The SMILES string of the molecule is N#Cc1c(Cl)nsc1N1CCC(c2nnc3ccccn23)CC1. The van der Waals surface area contributed by atoms with Gasteiger partial charge in [0.25, 0.3) is 0 Å². The van der Waals surface area contributed by atoms with Gasteiger partial charge in [0.05, 0.1) is 0 Å². The van der Waals surface area contributed by atoms with E-state index in [9.17, 15) is 5.26 Å². The molecule has 0 bridgehead atoms. The Bertz CT molecular complexity index is 887. The van der Waals surface area contributed by atoms with E-state index in [-0.39, 0.29) is 0 Å². The molecule has 23 heavy (non-hydrogen) atoms. The summed E-state index contributed by atoms with van der Waals surface area (Å²) in [6.07, 6.45) is 3.94. The van der Waals surface area contributed by atoms with E-state index in [1.54, 1.807) is 0 Å². The van der Waals surface area contributed by atoms with Crippen molar-refractivity contribution in [3.63, 3.8) is 0 Å². The molecule has 3 aromatic rings. The molecule has 1 fully saturated rings. The van der Waals surface area contributed by atoms with Crippen molar-refractivity contribution in [2.45, 2.75) is 18.8 Å². The second kappa shape index (κ2) is 5.80. The zero-order valence-corrected chi connectivity index (χ0v) is 13.8. The van der Waals surface area contributed by atoms with Crippen LogP contribution >= 0.6 is 23.1 Å². The van der Waals surface area contributed by atoms with Crippen LogP contribution in [-0.4, -0.2) is 32.1 Å². The molecule has 4 heterocycles. The Kier molecular flexibility index (Phi) is 3.63. The fraction of sp³-hybridized carbons (Fsp3) is 0.333. The highest BCUT2D eigenvalue weighted by Gasteiger charge is 2.27. The van der Waals surface area contributed by atoms with E-state index >= 15 is 0 Å². The maximum atomic E-state index is 9.22. The molecular weight excluding hydrogens is 332 g/mol. The van der Waals surface area contributed by atoms with Crippen LogP contribution < -0.4 is 4.90 Å². The zero-order valence-electron chi connectivity index (χ0n) is 12.2. The van der Waals surface area contributed by atoms with Gasteiger partial charge in [-0.25, -0.2) is 0 Å². The zero-order chi connectivity index (χ0) is 15.8. The minimum Gasteiger partial charge on any atom is -0.361 e. The smallest absolute Gasteiger partial charge is 0.162 e. The van der Waals surface area contributed by atoms with Gasteiger partial charge in [0.1, 0.15) is 22.5 Å². The molecule has 0 radical (unpaired) electrons. The van der Waals surface area contributed by atoms with Gasteiger partial charge in [-0.05, 0) is 36.5 Å². The van der Waals surface area contributed by atoms with E-state index in [1.165, 1.54) is 11.5 Å². The number of hydrogen-bond acceptors (Lipinski definition) is 6. The molecule has 1 aliphatic rings. The predicted octanol–water partition coefficient (Wildman–Crippen LogP) is 3.09. The average Bonchev–Trinajstić information content (AvgIpc) is 3.18. The third-order valence-electron chi connectivity index (χ3n) is 4.23. The molecule has 0 aromatic carbocycles. The first-order valence-electron chi connectivity index (χ1n) is 7.38. The van der Waals surface area contributed by atoms with Gasteiger partial charge in [-0.1, -0.05) is 17.7 Å². The maximum Gasteiger partial charge on any atom is 0.162 e. The summed E-state index contributed by atoms with van der Waals surface area (Å²) in [6, 6.07) is 8.07. The number of nitriles is 1. The van der Waals surface area contributed by atoms with Gasteiger partial charge >= 0.3 is 0 Å². The molecule has 0 amide bonds. The molecular formula is C15H13ClN6S. The van der Waals surface area contributed by atoms with Crippen molar-refractivity contribution in [1.82, 2.24) is 19.0 Å². The van der Waals surface area contributed by atoms with E-state index in [0.717, 1.165) is 42.4 Å². The van der Waals surface area contributed by atoms with Crippen LogP contribution in [0.2, 0.25) is 5.15 Å². The molecule has 0 unspecified atom stereocenters. The Morgan fingerprint density at radius 2 is 2.09 bits per heavy atom. The van der Waals surface area contributed by atoms with E-state index in [4.69, 9.17) is 11.6 Å². The normalized spacial score (nSPS) is 15.9. The van der Waals surface area contributed by atoms with Gasteiger partial charge in [-0.3, -0.25) is 4.40 Å². The Balaban J connectivity index is 1.54. The number of hydrogen-bond donors (Lipinski definition) is 0. The first-order valence-corrected chi connectivity index (χ1v) is 8.53. The molecule has 3 aromatic heterocycles. The maximum absolute atomic E-state index is 9.22. The Labute approximate surface area is 142 Å². The summed E-state index contributed by atoms with van der Waals surface area (Å²) in [5, 5.41) is 19.0. The lowest BCUT2D eigenvalue weighted by molar-refractivity contribution is 0.484. The van der Waals surface area contributed by atoms with Crippen molar-refractivity contribution >= 4 is 33.8 Å². The minimum absolute atomic E-state index is 0.304. The fourth-order valence-electron chi connectivity index (χ4n) is 3.05. The molecule has 1 aliphatic heterocycles. The first-order chi connectivity index (χ1) is 11.3. The molecule has 0 atom stereocenters. The molecule has 1 saturated heterocycles. The van der Waals surface area contributed by atoms with Crippen LogP contribution in [0.15, 0.2) is 24.4 Å². The van der Waals surface area contributed by atoms with Gasteiger partial charge in [-0.15, -0.1) is 10.2 Å². The van der Waals surface area contributed by atoms with Crippen LogP contribution in [0.4, 0.5) is 5.00 Å². The van der Waals surface area contributed by atoms with E-state index in [2.05, 4.69) is 29.9 Å². The average molecular weight is 345 g/mol. The lowest BCUT2D eigenvalue weighted by Crippen LogP contribution is -2.33. The summed E-state index contributed by atoms with van der Waals surface area (Å²) in [5.41, 5.74) is 1.37. The van der Waals surface area contributed by atoms with Crippen LogP contribution in [0.5, 0.6) is 0 Å². The summed E-state index contributed by atoms with van der Waals surface area (Å²) in [6.45, 7) is 1.72. The fourth-order valence-corrected chi connectivity index (χ4v) is 4.13. The predicted molar refractivity (Wildman–Crippen MR) is 89.0 cm³/mol. The first kappa shape index (κ1) is 14.4. The lowest BCUT2D eigenvalue weighted by Gasteiger charge is -2.31. The lowest BCUT2D eigenvalue weighted by atomic mass is 9.96. The number of halogens is 1. The highest BCUT2D eigenvalue weighted by atomic mass is 35.5. The largest absolute Gasteiger partial charge is 0.361 e. The van der Waals surface area contributed by atoms with Crippen LogP contribution in [0.25, 0.3) is 5.65 Å².